The fourth-order valence-corrected chi connectivity index (χ4v) is 5.06. The third-order valence-corrected chi connectivity index (χ3v) is 6.83. The Morgan fingerprint density at radius 3 is 2.46 bits per heavy atom. The number of rotatable bonds is 5. The van der Waals surface area contributed by atoms with Gasteiger partial charge in [0.05, 0.1) is 17.6 Å². The average molecular weight is 550 g/mol. The van der Waals surface area contributed by atoms with Gasteiger partial charge in [0.2, 0.25) is 0 Å². The summed E-state index contributed by atoms with van der Waals surface area (Å²) in [6.07, 6.45) is -1.43. The van der Waals surface area contributed by atoms with Crippen LogP contribution in [0.4, 0.5) is 18.9 Å². The van der Waals surface area contributed by atoms with Crippen LogP contribution in [0, 0.1) is 13.8 Å². The molecule has 10 heteroatoms. The molecule has 0 aliphatic heterocycles. The standard InChI is InChI=1S/C29H26F3N5OS/c1-17-5-4-6-18(2)25(17)34-28(39)35-33-16-19-7-13-23-21(15-19)10-14-24-26(23)36-37(3)27(24)20-8-11-22(12-9-20)38-29(30,31)32/h4-9,11-13,15-16H,10,14H2,1-3H3,(H2,34,35,39)/b33-16+. The van der Waals surface area contributed by atoms with Crippen molar-refractivity contribution in [2.45, 2.75) is 33.1 Å². The smallest absolute Gasteiger partial charge is 0.406 e. The summed E-state index contributed by atoms with van der Waals surface area (Å²) < 4.78 is 43.4. The lowest BCUT2D eigenvalue weighted by molar-refractivity contribution is -0.274. The van der Waals surface area contributed by atoms with E-state index in [-0.39, 0.29) is 5.75 Å². The number of nitrogens with one attached hydrogen (secondary N) is 2. The van der Waals surface area contributed by atoms with Crippen LogP contribution in [0.2, 0.25) is 0 Å². The first kappa shape index (κ1) is 26.4. The molecule has 1 aliphatic carbocycles. The number of alkyl halides is 3. The quantitative estimate of drug-likeness (QED) is 0.165. The number of para-hydroxylation sites is 1. The monoisotopic (exact) mass is 549 g/mol. The van der Waals surface area contributed by atoms with Gasteiger partial charge in [0.25, 0.3) is 0 Å². The SMILES string of the molecule is Cc1cccc(C)c1NC(=S)N/N=C/c1ccc2c(c1)CCc1c-2nn(C)c1-c1ccc(OC(F)(F)F)cc1. The molecule has 0 saturated heterocycles. The molecule has 200 valence electrons. The minimum absolute atomic E-state index is 0.252. The fourth-order valence-electron chi connectivity index (χ4n) is 4.91. The highest BCUT2D eigenvalue weighted by Crippen LogP contribution is 2.39. The first-order chi connectivity index (χ1) is 18.6. The Hall–Kier alpha value is -4.18. The zero-order valence-electron chi connectivity index (χ0n) is 21.6. The molecule has 3 aromatic carbocycles. The van der Waals surface area contributed by atoms with Gasteiger partial charge in [-0.15, -0.1) is 13.2 Å². The number of fused-ring (bicyclic) bond motifs is 3. The zero-order chi connectivity index (χ0) is 27.7. The molecule has 39 heavy (non-hydrogen) atoms. The number of ether oxygens (including phenoxy) is 1. The number of halogens is 3. The largest absolute Gasteiger partial charge is 0.573 e. The molecule has 2 N–H and O–H groups in total. The van der Waals surface area contributed by atoms with Crippen LogP contribution in [-0.4, -0.2) is 27.5 Å². The molecule has 0 fully saturated rings. The highest BCUT2D eigenvalue weighted by atomic mass is 32.1. The van der Waals surface area contributed by atoms with E-state index in [1.807, 2.05) is 51.2 Å². The number of hydrogen-bond acceptors (Lipinski definition) is 4. The van der Waals surface area contributed by atoms with Crippen molar-refractivity contribution in [3.8, 4) is 28.3 Å². The number of thiocarbonyl (C=S) groups is 1. The fraction of sp³-hybridized carbons (Fsp3) is 0.207. The molecule has 6 nitrogen and oxygen atoms in total. The third kappa shape index (κ3) is 5.80. The molecule has 0 unspecified atom stereocenters. The number of aryl methyl sites for hydroxylation is 4. The molecule has 1 heterocycles. The summed E-state index contributed by atoms with van der Waals surface area (Å²) >= 11 is 5.39. The first-order valence-electron chi connectivity index (χ1n) is 12.3. The lowest BCUT2D eigenvalue weighted by Crippen LogP contribution is -2.24. The highest BCUT2D eigenvalue weighted by Gasteiger charge is 2.31. The lowest BCUT2D eigenvalue weighted by Gasteiger charge is -2.17. The van der Waals surface area contributed by atoms with E-state index < -0.39 is 6.36 Å². The Balaban J connectivity index is 1.31. The molecule has 0 radical (unpaired) electrons. The van der Waals surface area contributed by atoms with E-state index in [9.17, 15) is 13.2 Å². The normalized spacial score (nSPS) is 12.7. The van der Waals surface area contributed by atoms with Gasteiger partial charge in [-0.1, -0.05) is 30.3 Å². The molecule has 1 aromatic heterocycles. The van der Waals surface area contributed by atoms with Crippen LogP contribution >= 0.6 is 12.2 Å². The Morgan fingerprint density at radius 1 is 1.05 bits per heavy atom. The molecule has 0 atom stereocenters. The van der Waals surface area contributed by atoms with Crippen molar-refractivity contribution in [2.75, 3.05) is 5.32 Å². The van der Waals surface area contributed by atoms with E-state index in [0.717, 1.165) is 68.9 Å². The summed E-state index contributed by atoms with van der Waals surface area (Å²) in [7, 11) is 1.84. The summed E-state index contributed by atoms with van der Waals surface area (Å²) in [5.41, 5.74) is 12.8. The summed E-state index contributed by atoms with van der Waals surface area (Å²) in [4.78, 5) is 0. The van der Waals surface area contributed by atoms with Gasteiger partial charge in [-0.3, -0.25) is 10.1 Å². The van der Waals surface area contributed by atoms with Gasteiger partial charge < -0.3 is 10.1 Å². The number of aromatic nitrogens is 2. The zero-order valence-corrected chi connectivity index (χ0v) is 22.4. The molecular formula is C29H26F3N5OS. The molecule has 0 bridgehead atoms. The maximum atomic E-state index is 12.5. The summed E-state index contributed by atoms with van der Waals surface area (Å²) in [6, 6.07) is 18.0. The lowest BCUT2D eigenvalue weighted by atomic mass is 9.87. The van der Waals surface area contributed by atoms with Crippen LogP contribution in [-0.2, 0) is 19.9 Å². The Bertz CT molecular complexity index is 1560. The van der Waals surface area contributed by atoms with Crippen molar-refractivity contribution < 1.29 is 17.9 Å². The maximum Gasteiger partial charge on any atom is 0.573 e. The van der Waals surface area contributed by atoms with Gasteiger partial charge in [0, 0.05) is 29.4 Å². The van der Waals surface area contributed by atoms with Crippen LogP contribution in [0.25, 0.3) is 22.5 Å². The van der Waals surface area contributed by atoms with Gasteiger partial charge >= 0.3 is 6.36 Å². The third-order valence-electron chi connectivity index (χ3n) is 6.63. The maximum absolute atomic E-state index is 12.5. The molecule has 0 spiro atoms. The van der Waals surface area contributed by atoms with Crippen LogP contribution in [0.15, 0.2) is 65.8 Å². The number of benzene rings is 3. The van der Waals surface area contributed by atoms with Crippen LogP contribution in [0.3, 0.4) is 0 Å². The van der Waals surface area contributed by atoms with Crippen molar-refractivity contribution in [3.05, 3.63) is 88.5 Å². The number of hydrazone groups is 1. The number of hydrogen-bond donors (Lipinski definition) is 2. The Labute approximate surface area is 229 Å². The second-order valence-electron chi connectivity index (χ2n) is 9.38. The molecule has 1 aliphatic rings. The Morgan fingerprint density at radius 2 is 1.77 bits per heavy atom. The highest BCUT2D eigenvalue weighted by molar-refractivity contribution is 7.80. The van der Waals surface area contributed by atoms with Crippen molar-refractivity contribution in [1.82, 2.24) is 15.2 Å². The van der Waals surface area contributed by atoms with E-state index in [1.165, 1.54) is 12.1 Å². The van der Waals surface area contributed by atoms with Gasteiger partial charge in [-0.05, 0) is 91.5 Å². The van der Waals surface area contributed by atoms with E-state index in [2.05, 4.69) is 26.6 Å². The van der Waals surface area contributed by atoms with E-state index in [0.29, 0.717) is 5.11 Å². The van der Waals surface area contributed by atoms with Crippen molar-refractivity contribution >= 4 is 29.2 Å². The van der Waals surface area contributed by atoms with Crippen molar-refractivity contribution in [3.63, 3.8) is 0 Å². The van der Waals surface area contributed by atoms with Crippen LogP contribution in [0.5, 0.6) is 5.75 Å². The van der Waals surface area contributed by atoms with Crippen LogP contribution < -0.4 is 15.5 Å². The Kier molecular flexibility index (Phi) is 7.14. The predicted molar refractivity (Wildman–Crippen MR) is 151 cm³/mol. The molecular weight excluding hydrogens is 523 g/mol. The summed E-state index contributed by atoms with van der Waals surface area (Å²) in [5, 5.41) is 12.7. The summed E-state index contributed by atoms with van der Waals surface area (Å²) in [5.74, 6) is -0.252. The minimum atomic E-state index is -4.72. The molecule has 0 saturated carbocycles. The second kappa shape index (κ2) is 10.5. The molecule has 4 aromatic rings. The summed E-state index contributed by atoms with van der Waals surface area (Å²) in [6.45, 7) is 4.04. The first-order valence-corrected chi connectivity index (χ1v) is 12.7. The average Bonchev–Trinajstić information content (AvgIpc) is 3.22. The van der Waals surface area contributed by atoms with E-state index >= 15 is 0 Å². The van der Waals surface area contributed by atoms with Gasteiger partial charge in [-0.2, -0.15) is 10.2 Å². The van der Waals surface area contributed by atoms with E-state index in [1.54, 1.807) is 23.0 Å². The second-order valence-corrected chi connectivity index (χ2v) is 9.79. The van der Waals surface area contributed by atoms with Crippen LogP contribution in [0.1, 0.15) is 27.8 Å². The number of nitrogens with zero attached hydrogens (tertiary/aromatic N) is 3. The topological polar surface area (TPSA) is 63.5 Å². The van der Waals surface area contributed by atoms with Gasteiger partial charge in [0.1, 0.15) is 5.75 Å². The minimum Gasteiger partial charge on any atom is -0.406 e. The van der Waals surface area contributed by atoms with Crippen molar-refractivity contribution in [1.29, 1.82) is 0 Å². The van der Waals surface area contributed by atoms with Gasteiger partial charge in [0.15, 0.2) is 5.11 Å². The van der Waals surface area contributed by atoms with E-state index in [4.69, 9.17) is 17.3 Å². The van der Waals surface area contributed by atoms with Crippen molar-refractivity contribution in [2.24, 2.45) is 12.1 Å². The molecule has 0 amide bonds. The number of anilines is 1. The van der Waals surface area contributed by atoms with Gasteiger partial charge in [-0.25, -0.2) is 0 Å². The molecule has 5 rings (SSSR count). The predicted octanol–water partition coefficient (Wildman–Crippen LogP) is 6.69.